The van der Waals surface area contributed by atoms with E-state index in [2.05, 4.69) is 22.3 Å². The molecule has 2 rings (SSSR count). The highest BCUT2D eigenvalue weighted by molar-refractivity contribution is 5.59. The van der Waals surface area contributed by atoms with Gasteiger partial charge in [0.2, 0.25) is 11.8 Å². The van der Waals surface area contributed by atoms with Crippen LogP contribution in [0.1, 0.15) is 26.7 Å². The lowest BCUT2D eigenvalue weighted by atomic mass is 9.95. The molecular weight excluding hydrogens is 248 g/mol. The van der Waals surface area contributed by atoms with E-state index in [0.717, 1.165) is 19.4 Å². The van der Waals surface area contributed by atoms with Crippen LogP contribution in [0.25, 0.3) is 0 Å². The molecule has 1 aromatic rings. The standard InChI is InChI=1S/C11H18N6O2/c1-7-3-4-8(2)16(6-7)10-9(17(18)19)5-13-11(14-10)15-12/h5,7-8H,3-4,6,12H2,1-2H3,(H,13,14,15). The van der Waals surface area contributed by atoms with Crippen LogP contribution in [-0.2, 0) is 0 Å². The summed E-state index contributed by atoms with van der Waals surface area (Å²) >= 11 is 0. The van der Waals surface area contributed by atoms with E-state index in [1.807, 2.05) is 11.8 Å². The average molecular weight is 266 g/mol. The van der Waals surface area contributed by atoms with E-state index in [1.54, 1.807) is 0 Å². The molecule has 0 radical (unpaired) electrons. The van der Waals surface area contributed by atoms with Crippen molar-refractivity contribution in [2.75, 3.05) is 16.9 Å². The number of piperidine rings is 1. The number of rotatable bonds is 3. The average Bonchev–Trinajstić information content (AvgIpc) is 2.40. The Bertz CT molecular complexity index is 480. The van der Waals surface area contributed by atoms with Crippen LogP contribution in [0.3, 0.4) is 0 Å². The summed E-state index contributed by atoms with van der Waals surface area (Å²) in [4.78, 5) is 20.6. The number of nitro groups is 1. The van der Waals surface area contributed by atoms with Gasteiger partial charge in [-0.2, -0.15) is 4.98 Å². The fourth-order valence-electron chi connectivity index (χ4n) is 2.36. The predicted octanol–water partition coefficient (Wildman–Crippen LogP) is 1.30. The topological polar surface area (TPSA) is 110 Å². The number of nitrogens with two attached hydrogens (primary N) is 1. The normalized spacial score (nSPS) is 23.2. The minimum atomic E-state index is -0.457. The van der Waals surface area contributed by atoms with Crippen molar-refractivity contribution in [3.8, 4) is 0 Å². The summed E-state index contributed by atoms with van der Waals surface area (Å²) in [6.07, 6.45) is 3.32. The number of nitrogens with one attached hydrogen (secondary N) is 1. The molecular formula is C11H18N6O2. The van der Waals surface area contributed by atoms with Gasteiger partial charge in [-0.1, -0.05) is 6.92 Å². The summed E-state index contributed by atoms with van der Waals surface area (Å²) in [6.45, 7) is 4.93. The first-order chi connectivity index (χ1) is 9.02. The van der Waals surface area contributed by atoms with Crippen molar-refractivity contribution in [3.05, 3.63) is 16.3 Å². The Morgan fingerprint density at radius 3 is 2.89 bits per heavy atom. The molecule has 2 atom stereocenters. The third-order valence-corrected chi connectivity index (χ3v) is 3.47. The van der Waals surface area contributed by atoms with E-state index in [1.165, 1.54) is 6.20 Å². The van der Waals surface area contributed by atoms with Crippen molar-refractivity contribution in [1.82, 2.24) is 9.97 Å². The van der Waals surface area contributed by atoms with E-state index in [9.17, 15) is 10.1 Å². The maximum atomic E-state index is 11.1. The van der Waals surface area contributed by atoms with E-state index in [0.29, 0.717) is 11.7 Å². The van der Waals surface area contributed by atoms with E-state index in [-0.39, 0.29) is 17.7 Å². The van der Waals surface area contributed by atoms with Crippen LogP contribution in [0.2, 0.25) is 0 Å². The molecule has 1 aliphatic rings. The monoisotopic (exact) mass is 266 g/mol. The van der Waals surface area contributed by atoms with Gasteiger partial charge in [-0.05, 0) is 25.7 Å². The Hall–Kier alpha value is -1.96. The fraction of sp³-hybridized carbons (Fsp3) is 0.636. The number of hydrazine groups is 1. The van der Waals surface area contributed by atoms with Crippen molar-refractivity contribution in [2.45, 2.75) is 32.7 Å². The van der Waals surface area contributed by atoms with E-state index < -0.39 is 4.92 Å². The van der Waals surface area contributed by atoms with Gasteiger partial charge in [-0.3, -0.25) is 15.5 Å². The van der Waals surface area contributed by atoms with Crippen molar-refractivity contribution < 1.29 is 4.92 Å². The molecule has 0 amide bonds. The lowest BCUT2D eigenvalue weighted by Crippen LogP contribution is -2.42. The molecule has 3 N–H and O–H groups in total. The zero-order valence-corrected chi connectivity index (χ0v) is 11.0. The maximum Gasteiger partial charge on any atom is 0.329 e. The van der Waals surface area contributed by atoms with Crippen molar-refractivity contribution >= 4 is 17.5 Å². The molecule has 2 unspecified atom stereocenters. The zero-order valence-electron chi connectivity index (χ0n) is 11.0. The highest BCUT2D eigenvalue weighted by Gasteiger charge is 2.30. The molecule has 1 aliphatic heterocycles. The third-order valence-electron chi connectivity index (χ3n) is 3.47. The molecule has 0 aromatic carbocycles. The molecule has 0 saturated carbocycles. The number of nitrogens with zero attached hydrogens (tertiary/aromatic N) is 4. The Labute approximate surface area is 111 Å². The third kappa shape index (κ3) is 2.73. The van der Waals surface area contributed by atoms with Gasteiger partial charge in [0.05, 0.1) is 4.92 Å². The Morgan fingerprint density at radius 1 is 1.53 bits per heavy atom. The molecule has 104 valence electrons. The largest absolute Gasteiger partial charge is 0.348 e. The second-order valence-corrected chi connectivity index (χ2v) is 4.99. The minimum Gasteiger partial charge on any atom is -0.348 e. The molecule has 0 spiro atoms. The summed E-state index contributed by atoms with van der Waals surface area (Å²) in [7, 11) is 0. The highest BCUT2D eigenvalue weighted by atomic mass is 16.6. The number of hydrogen-bond acceptors (Lipinski definition) is 7. The van der Waals surface area contributed by atoms with Crippen LogP contribution in [0.15, 0.2) is 6.20 Å². The molecule has 1 fully saturated rings. The number of anilines is 2. The van der Waals surface area contributed by atoms with Gasteiger partial charge in [0.15, 0.2) is 0 Å². The summed E-state index contributed by atoms with van der Waals surface area (Å²) in [5, 5.41) is 11.1. The minimum absolute atomic E-state index is 0.0834. The van der Waals surface area contributed by atoms with Gasteiger partial charge in [-0.15, -0.1) is 0 Å². The first-order valence-corrected chi connectivity index (χ1v) is 6.27. The first-order valence-electron chi connectivity index (χ1n) is 6.27. The number of hydrogen-bond donors (Lipinski definition) is 2. The Morgan fingerprint density at radius 2 is 2.26 bits per heavy atom. The van der Waals surface area contributed by atoms with Crippen LogP contribution < -0.4 is 16.2 Å². The van der Waals surface area contributed by atoms with Gasteiger partial charge in [0, 0.05) is 12.6 Å². The quantitative estimate of drug-likeness (QED) is 0.482. The number of aromatic nitrogens is 2. The highest BCUT2D eigenvalue weighted by Crippen LogP contribution is 2.32. The van der Waals surface area contributed by atoms with Gasteiger partial charge in [-0.25, -0.2) is 10.8 Å². The number of nitrogen functional groups attached to an aromatic ring is 1. The fourth-order valence-corrected chi connectivity index (χ4v) is 2.36. The second-order valence-electron chi connectivity index (χ2n) is 4.99. The Balaban J connectivity index is 2.42. The van der Waals surface area contributed by atoms with Gasteiger partial charge in [0.25, 0.3) is 0 Å². The molecule has 1 aromatic heterocycles. The molecule has 1 saturated heterocycles. The Kier molecular flexibility index (Phi) is 3.79. The zero-order chi connectivity index (χ0) is 14.0. The molecule has 8 heteroatoms. The molecule has 0 aliphatic carbocycles. The second kappa shape index (κ2) is 5.35. The van der Waals surface area contributed by atoms with E-state index >= 15 is 0 Å². The van der Waals surface area contributed by atoms with Crippen LogP contribution in [0.4, 0.5) is 17.5 Å². The van der Waals surface area contributed by atoms with Crippen molar-refractivity contribution in [2.24, 2.45) is 11.8 Å². The smallest absolute Gasteiger partial charge is 0.329 e. The first kappa shape index (κ1) is 13.5. The molecule has 8 nitrogen and oxygen atoms in total. The lowest BCUT2D eigenvalue weighted by Gasteiger charge is -2.37. The molecule has 2 heterocycles. The predicted molar refractivity (Wildman–Crippen MR) is 71.7 cm³/mol. The van der Waals surface area contributed by atoms with E-state index in [4.69, 9.17) is 5.84 Å². The SMILES string of the molecule is CC1CCC(C)N(c2nc(NN)ncc2[N+](=O)[O-])C1. The summed E-state index contributed by atoms with van der Waals surface area (Å²) < 4.78 is 0. The molecule has 19 heavy (non-hydrogen) atoms. The summed E-state index contributed by atoms with van der Waals surface area (Å²) in [6, 6.07) is 0.218. The van der Waals surface area contributed by atoms with Crippen LogP contribution in [0, 0.1) is 16.0 Å². The lowest BCUT2D eigenvalue weighted by molar-refractivity contribution is -0.384. The summed E-state index contributed by atoms with van der Waals surface area (Å²) in [5.41, 5.74) is 2.24. The van der Waals surface area contributed by atoms with Gasteiger partial charge >= 0.3 is 5.69 Å². The van der Waals surface area contributed by atoms with Crippen LogP contribution in [-0.4, -0.2) is 27.5 Å². The van der Waals surface area contributed by atoms with Crippen LogP contribution >= 0.6 is 0 Å². The molecule has 0 bridgehead atoms. The van der Waals surface area contributed by atoms with Crippen molar-refractivity contribution in [3.63, 3.8) is 0 Å². The van der Waals surface area contributed by atoms with Crippen molar-refractivity contribution in [1.29, 1.82) is 0 Å². The van der Waals surface area contributed by atoms with Crippen LogP contribution in [0.5, 0.6) is 0 Å². The summed E-state index contributed by atoms with van der Waals surface area (Å²) in [5.74, 6) is 6.29. The van der Waals surface area contributed by atoms with Gasteiger partial charge in [0.1, 0.15) is 6.20 Å². The maximum absolute atomic E-state index is 11.1. The van der Waals surface area contributed by atoms with Gasteiger partial charge < -0.3 is 4.90 Å².